The summed E-state index contributed by atoms with van der Waals surface area (Å²) in [4.78, 5) is 14.8. The number of hydrogen-bond acceptors (Lipinski definition) is 8. The van der Waals surface area contributed by atoms with Crippen LogP contribution in [0, 0.1) is 0 Å². The smallest absolute Gasteiger partial charge is 0.319 e. The third-order valence-electron chi connectivity index (χ3n) is 9.76. The Labute approximate surface area is 247 Å². The molecule has 2 aromatic carbocycles. The van der Waals surface area contributed by atoms with E-state index >= 15 is 0 Å². The van der Waals surface area contributed by atoms with Gasteiger partial charge in [0.2, 0.25) is 0 Å². The molecule has 1 aromatic heterocycles. The van der Waals surface area contributed by atoms with Gasteiger partial charge in [0.25, 0.3) is 0 Å². The summed E-state index contributed by atoms with van der Waals surface area (Å²) in [6.07, 6.45) is 5.71. The Morgan fingerprint density at radius 1 is 1.17 bits per heavy atom. The third-order valence-corrected chi connectivity index (χ3v) is 11.2. The molecule has 11 heteroatoms. The molecule has 3 unspecified atom stereocenters. The fourth-order valence-corrected chi connectivity index (χ4v) is 9.02. The molecule has 4 fully saturated rings. The summed E-state index contributed by atoms with van der Waals surface area (Å²) in [6, 6.07) is 12.2. The highest BCUT2D eigenvalue weighted by atomic mass is 32.2. The molecule has 0 amide bonds. The minimum absolute atomic E-state index is 0.140. The highest BCUT2D eigenvalue weighted by molar-refractivity contribution is 7.83. The van der Waals surface area contributed by atoms with Crippen molar-refractivity contribution in [3.8, 4) is 11.8 Å². The lowest BCUT2D eigenvalue weighted by molar-refractivity contribution is 0.107. The molecule has 0 radical (unpaired) electrons. The quantitative estimate of drug-likeness (QED) is 0.465. The number of halogens is 1. The predicted molar refractivity (Wildman–Crippen MR) is 160 cm³/mol. The number of benzene rings is 2. The predicted octanol–water partition coefficient (Wildman–Crippen LogP) is 3.70. The molecule has 3 aromatic rings. The van der Waals surface area contributed by atoms with Crippen LogP contribution in [0.1, 0.15) is 43.4 Å². The number of hydrogen-bond donors (Lipinski definition) is 2. The number of ether oxygens (including phenoxy) is 1. The van der Waals surface area contributed by atoms with Crippen molar-refractivity contribution in [2.75, 3.05) is 44.7 Å². The van der Waals surface area contributed by atoms with Crippen molar-refractivity contribution in [1.82, 2.24) is 24.5 Å². The first-order valence-corrected chi connectivity index (χ1v) is 16.0. The van der Waals surface area contributed by atoms with E-state index in [1.165, 1.54) is 0 Å². The van der Waals surface area contributed by atoms with Crippen molar-refractivity contribution >= 4 is 39.3 Å². The lowest BCUT2D eigenvalue weighted by Gasteiger charge is -2.36. The van der Waals surface area contributed by atoms with Gasteiger partial charge in [0.1, 0.15) is 23.4 Å². The molecule has 0 saturated carbocycles. The van der Waals surface area contributed by atoms with Gasteiger partial charge in [-0.2, -0.15) is 9.97 Å². The van der Waals surface area contributed by atoms with E-state index in [9.17, 15) is 13.7 Å². The first-order valence-electron chi connectivity index (χ1n) is 14.9. The van der Waals surface area contributed by atoms with Crippen LogP contribution in [-0.2, 0) is 11.0 Å². The van der Waals surface area contributed by atoms with Crippen LogP contribution in [0.2, 0.25) is 0 Å². The van der Waals surface area contributed by atoms with Crippen LogP contribution < -0.4 is 15.0 Å². The third kappa shape index (κ3) is 4.27. The number of aromatic hydroxyl groups is 1. The van der Waals surface area contributed by atoms with Crippen molar-refractivity contribution in [2.45, 2.75) is 60.8 Å². The van der Waals surface area contributed by atoms with Gasteiger partial charge < -0.3 is 20.1 Å². The van der Waals surface area contributed by atoms with E-state index in [0.29, 0.717) is 53.8 Å². The summed E-state index contributed by atoms with van der Waals surface area (Å²) >= 11 is 0. The number of fused-ring (bicyclic) bond motifs is 5. The van der Waals surface area contributed by atoms with E-state index in [4.69, 9.17) is 14.7 Å². The van der Waals surface area contributed by atoms with Crippen molar-refractivity contribution < 1.29 is 18.4 Å². The number of nitrogens with zero attached hydrogens (tertiary/aromatic N) is 5. The number of anilines is 1. The number of phenolic OH excluding ortho intramolecular Hbond substituents is 1. The summed E-state index contributed by atoms with van der Waals surface area (Å²) in [6.45, 7) is 3.22. The van der Waals surface area contributed by atoms with E-state index < -0.39 is 17.2 Å². The first kappa shape index (κ1) is 26.4. The molecule has 6 heterocycles. The summed E-state index contributed by atoms with van der Waals surface area (Å²) in [5, 5.41) is 16.1. The molecule has 2 bridgehead atoms. The molecule has 5 atom stereocenters. The SMILES string of the molecule is CN1C(c2cc(O)cc3ccccc23)=Cc2nc(OC[C@@]34CCCN3C[C@H](F)C4)nc(N3CC4CCC(C3)N4)c2S1=O. The van der Waals surface area contributed by atoms with Gasteiger partial charge in [-0.05, 0) is 61.2 Å². The Morgan fingerprint density at radius 3 is 2.81 bits per heavy atom. The second kappa shape index (κ2) is 9.89. The summed E-state index contributed by atoms with van der Waals surface area (Å²) in [5.74, 6) is 0.784. The van der Waals surface area contributed by atoms with Crippen molar-refractivity contribution in [1.29, 1.82) is 0 Å². The fraction of sp³-hybridized carbons (Fsp3) is 0.484. The molecule has 0 spiro atoms. The summed E-state index contributed by atoms with van der Waals surface area (Å²) in [5.41, 5.74) is 1.70. The Morgan fingerprint density at radius 2 is 1.98 bits per heavy atom. The van der Waals surface area contributed by atoms with Crippen molar-refractivity contribution in [3.05, 3.63) is 47.7 Å². The molecule has 2 N–H and O–H groups in total. The van der Waals surface area contributed by atoms with Crippen LogP contribution in [0.25, 0.3) is 22.5 Å². The average Bonchev–Trinajstić information content (AvgIpc) is 3.63. The van der Waals surface area contributed by atoms with Crippen LogP contribution in [0.15, 0.2) is 41.3 Å². The maximum atomic E-state index is 14.4. The van der Waals surface area contributed by atoms with E-state index in [1.807, 2.05) is 30.3 Å². The second-order valence-electron chi connectivity index (χ2n) is 12.4. The van der Waals surface area contributed by atoms with Crippen LogP contribution in [0.4, 0.5) is 10.2 Å². The fourth-order valence-electron chi connectivity index (χ4n) is 7.80. The number of nitrogens with one attached hydrogen (secondary N) is 1. The largest absolute Gasteiger partial charge is 0.508 e. The Hall–Kier alpha value is -3.28. The highest BCUT2D eigenvalue weighted by Gasteiger charge is 2.49. The van der Waals surface area contributed by atoms with Gasteiger partial charge in [0.05, 0.1) is 16.9 Å². The highest BCUT2D eigenvalue weighted by Crippen LogP contribution is 2.43. The van der Waals surface area contributed by atoms with Gasteiger partial charge >= 0.3 is 6.01 Å². The normalized spacial score (nSPS) is 30.5. The van der Waals surface area contributed by atoms with Gasteiger partial charge in [-0.3, -0.25) is 9.21 Å². The molecule has 42 heavy (non-hydrogen) atoms. The number of rotatable bonds is 5. The van der Waals surface area contributed by atoms with E-state index in [0.717, 1.165) is 61.7 Å². The van der Waals surface area contributed by atoms with Crippen LogP contribution >= 0.6 is 0 Å². The first-order chi connectivity index (χ1) is 20.4. The molecule has 220 valence electrons. The van der Waals surface area contributed by atoms with Gasteiger partial charge in [0.15, 0.2) is 16.8 Å². The van der Waals surface area contributed by atoms with Gasteiger partial charge in [-0.1, -0.05) is 24.3 Å². The number of aromatic nitrogens is 2. The maximum Gasteiger partial charge on any atom is 0.319 e. The lowest BCUT2D eigenvalue weighted by atomic mass is 9.95. The molecule has 5 aliphatic heterocycles. The number of phenols is 1. The zero-order chi connectivity index (χ0) is 28.6. The van der Waals surface area contributed by atoms with Crippen molar-refractivity contribution in [2.24, 2.45) is 0 Å². The Balaban J connectivity index is 1.24. The zero-order valence-corrected chi connectivity index (χ0v) is 24.4. The minimum Gasteiger partial charge on any atom is -0.508 e. The molecule has 8 rings (SSSR count). The number of alkyl halides is 1. The monoisotopic (exact) mass is 590 g/mol. The van der Waals surface area contributed by atoms with E-state index in [-0.39, 0.29) is 17.3 Å². The van der Waals surface area contributed by atoms with E-state index in [2.05, 4.69) is 15.1 Å². The molecule has 4 saturated heterocycles. The topological polar surface area (TPSA) is 94.1 Å². The Kier molecular flexibility index (Phi) is 6.20. The molecular weight excluding hydrogens is 555 g/mol. The van der Waals surface area contributed by atoms with Crippen molar-refractivity contribution in [3.63, 3.8) is 0 Å². The molecule has 9 nitrogen and oxygen atoms in total. The summed E-state index contributed by atoms with van der Waals surface area (Å²) in [7, 11) is 0.209. The van der Waals surface area contributed by atoms with Crippen LogP contribution in [-0.4, -0.2) is 92.1 Å². The standard InChI is InChI=1S/C31H35FN6O3S/c1-36-27(25-12-23(39)11-19-5-2-3-6-24(19)25)13-26-28(42(36)40)29(37-16-21-7-8-22(17-37)33-21)35-30(34-26)41-18-31-9-4-10-38(31)15-20(32)14-31/h2-3,5-6,11-13,20-22,33,39H,4,7-10,14-18H2,1H3/t20-,21?,22?,31+,42?/m1/s1. The summed E-state index contributed by atoms with van der Waals surface area (Å²) < 4.78 is 36.8. The number of piperazine rings is 1. The molecule has 0 aliphatic carbocycles. The van der Waals surface area contributed by atoms with Crippen LogP contribution in [0.5, 0.6) is 11.8 Å². The lowest BCUT2D eigenvalue weighted by Crippen LogP contribution is -2.52. The van der Waals surface area contributed by atoms with Gasteiger partial charge in [-0.15, -0.1) is 0 Å². The molecule has 5 aliphatic rings. The molecular formula is C31H35FN6O3S. The van der Waals surface area contributed by atoms with Crippen LogP contribution in [0.3, 0.4) is 0 Å². The average molecular weight is 591 g/mol. The van der Waals surface area contributed by atoms with Gasteiger partial charge in [-0.25, -0.2) is 8.60 Å². The second-order valence-corrected chi connectivity index (χ2v) is 13.9. The zero-order valence-electron chi connectivity index (χ0n) is 23.6. The minimum atomic E-state index is -1.60. The van der Waals surface area contributed by atoms with Gasteiger partial charge in [0, 0.05) is 50.7 Å². The maximum absolute atomic E-state index is 14.4. The van der Waals surface area contributed by atoms with E-state index in [1.54, 1.807) is 23.5 Å². The Bertz CT molecular complexity index is 1620.